The lowest BCUT2D eigenvalue weighted by Gasteiger charge is -2.23. The maximum atomic E-state index is 12.0. The van der Waals surface area contributed by atoms with Crippen molar-refractivity contribution >= 4 is 11.0 Å². The molecule has 0 amide bonds. The number of nitrogens with one attached hydrogen (secondary N) is 1. The number of imidazole rings is 1. The van der Waals surface area contributed by atoms with Crippen LogP contribution in [-0.2, 0) is 18.8 Å². The molecule has 5 nitrogen and oxygen atoms in total. The van der Waals surface area contributed by atoms with Crippen molar-refractivity contribution in [1.82, 2.24) is 14.5 Å². The predicted molar refractivity (Wildman–Crippen MR) is 78.9 cm³/mol. The lowest BCUT2D eigenvalue weighted by molar-refractivity contribution is 0.0808. The number of ether oxygens (including phenoxy) is 1. The topological polar surface area (TPSA) is 48.2 Å². The van der Waals surface area contributed by atoms with E-state index in [-0.39, 0.29) is 17.8 Å². The van der Waals surface area contributed by atoms with Crippen molar-refractivity contribution in [2.24, 2.45) is 14.1 Å². The Morgan fingerprint density at radius 2 is 2.05 bits per heavy atom. The Morgan fingerprint density at radius 3 is 2.70 bits per heavy atom. The van der Waals surface area contributed by atoms with Crippen molar-refractivity contribution < 1.29 is 4.74 Å². The maximum Gasteiger partial charge on any atom is 0.328 e. The van der Waals surface area contributed by atoms with E-state index in [0.717, 1.165) is 30.5 Å². The van der Waals surface area contributed by atoms with Gasteiger partial charge in [-0.25, -0.2) is 4.79 Å². The lowest BCUT2D eigenvalue weighted by Crippen LogP contribution is -2.28. The first kappa shape index (κ1) is 13.4. The molecule has 108 valence electrons. The van der Waals surface area contributed by atoms with Crippen LogP contribution in [0.2, 0.25) is 0 Å². The number of aryl methyl sites for hydroxylation is 2. The number of aromatic nitrogens is 2. The number of fused-ring (bicyclic) bond motifs is 1. The molecule has 20 heavy (non-hydrogen) atoms. The van der Waals surface area contributed by atoms with Gasteiger partial charge in [-0.3, -0.25) is 9.13 Å². The number of benzene rings is 1. The van der Waals surface area contributed by atoms with Gasteiger partial charge in [0, 0.05) is 20.7 Å². The van der Waals surface area contributed by atoms with Crippen LogP contribution in [0.25, 0.3) is 11.0 Å². The first-order valence-corrected chi connectivity index (χ1v) is 7.07. The van der Waals surface area contributed by atoms with Crippen molar-refractivity contribution in [2.75, 3.05) is 13.7 Å². The minimum atomic E-state index is 0.00951. The minimum absolute atomic E-state index is 0.00951. The second-order valence-corrected chi connectivity index (χ2v) is 5.47. The summed E-state index contributed by atoms with van der Waals surface area (Å²) in [5.74, 6) is 0. The highest BCUT2D eigenvalue weighted by atomic mass is 16.5. The molecule has 2 unspecified atom stereocenters. The second kappa shape index (κ2) is 5.07. The van der Waals surface area contributed by atoms with Gasteiger partial charge in [-0.05, 0) is 37.6 Å². The molecule has 1 saturated heterocycles. The zero-order chi connectivity index (χ0) is 14.3. The first-order chi connectivity index (χ1) is 9.63. The van der Waals surface area contributed by atoms with Crippen molar-refractivity contribution in [3.63, 3.8) is 0 Å². The van der Waals surface area contributed by atoms with Crippen LogP contribution in [0.4, 0.5) is 0 Å². The molecule has 1 fully saturated rings. The van der Waals surface area contributed by atoms with Crippen LogP contribution in [0.15, 0.2) is 23.0 Å². The zero-order valence-corrected chi connectivity index (χ0v) is 12.2. The largest absolute Gasteiger partial charge is 0.376 e. The smallest absolute Gasteiger partial charge is 0.328 e. The molecule has 1 N–H and O–H groups in total. The zero-order valence-electron chi connectivity index (χ0n) is 12.2. The van der Waals surface area contributed by atoms with E-state index in [2.05, 4.69) is 17.4 Å². The third kappa shape index (κ3) is 1.98. The van der Waals surface area contributed by atoms with Gasteiger partial charge in [-0.2, -0.15) is 0 Å². The third-order valence-electron chi connectivity index (χ3n) is 4.30. The van der Waals surface area contributed by atoms with E-state index in [9.17, 15) is 4.79 Å². The van der Waals surface area contributed by atoms with Crippen LogP contribution < -0.4 is 11.0 Å². The van der Waals surface area contributed by atoms with Crippen LogP contribution in [0.1, 0.15) is 24.4 Å². The summed E-state index contributed by atoms with van der Waals surface area (Å²) in [4.78, 5) is 12.0. The second-order valence-electron chi connectivity index (χ2n) is 5.47. The molecule has 0 radical (unpaired) electrons. The fourth-order valence-electron chi connectivity index (χ4n) is 3.15. The monoisotopic (exact) mass is 275 g/mol. The summed E-state index contributed by atoms with van der Waals surface area (Å²) in [6.45, 7) is 0.842. The summed E-state index contributed by atoms with van der Waals surface area (Å²) >= 11 is 0. The Hall–Kier alpha value is -1.59. The van der Waals surface area contributed by atoms with Gasteiger partial charge in [0.05, 0.1) is 23.2 Å². The molecule has 0 spiro atoms. The van der Waals surface area contributed by atoms with E-state index < -0.39 is 0 Å². The van der Waals surface area contributed by atoms with Gasteiger partial charge in [0.1, 0.15) is 0 Å². The molecule has 3 rings (SSSR count). The average Bonchev–Trinajstić information content (AvgIpc) is 3.05. The molecule has 1 aromatic carbocycles. The summed E-state index contributed by atoms with van der Waals surface area (Å²) < 4.78 is 9.17. The molecular formula is C15H21N3O2. The summed E-state index contributed by atoms with van der Waals surface area (Å²) in [7, 11) is 5.58. The lowest BCUT2D eigenvalue weighted by atomic mass is 9.99. The van der Waals surface area contributed by atoms with Crippen molar-refractivity contribution in [3.05, 3.63) is 34.2 Å². The van der Waals surface area contributed by atoms with Crippen LogP contribution in [0.3, 0.4) is 0 Å². The molecule has 2 heterocycles. The van der Waals surface area contributed by atoms with Gasteiger partial charge in [-0.15, -0.1) is 0 Å². The van der Waals surface area contributed by atoms with Crippen LogP contribution >= 0.6 is 0 Å². The minimum Gasteiger partial charge on any atom is -0.376 e. The predicted octanol–water partition coefficient (Wildman–Crippen LogP) is 1.32. The van der Waals surface area contributed by atoms with Gasteiger partial charge < -0.3 is 10.1 Å². The molecule has 1 aromatic heterocycles. The molecule has 0 saturated carbocycles. The van der Waals surface area contributed by atoms with Gasteiger partial charge >= 0.3 is 5.69 Å². The van der Waals surface area contributed by atoms with Crippen molar-refractivity contribution in [1.29, 1.82) is 0 Å². The Morgan fingerprint density at radius 1 is 1.30 bits per heavy atom. The van der Waals surface area contributed by atoms with E-state index in [1.807, 2.05) is 20.2 Å². The van der Waals surface area contributed by atoms with Gasteiger partial charge in [0.15, 0.2) is 0 Å². The molecule has 1 aliphatic rings. The molecular weight excluding hydrogens is 254 g/mol. The standard InChI is InChI=1S/C15H21N3O2/c1-16-14(13-5-4-8-20-13)10-6-7-11-12(9-10)18(3)15(19)17(11)2/h6-7,9,13-14,16H,4-5,8H2,1-3H3. The number of hydrogen-bond donors (Lipinski definition) is 1. The van der Waals surface area contributed by atoms with E-state index in [0.29, 0.717) is 0 Å². The SMILES string of the molecule is CNC(c1ccc2c(c1)n(C)c(=O)n2C)C1CCCO1. The molecule has 2 aromatic rings. The van der Waals surface area contributed by atoms with E-state index in [4.69, 9.17) is 4.74 Å². The van der Waals surface area contributed by atoms with Gasteiger partial charge in [0.2, 0.25) is 0 Å². The number of likely N-dealkylation sites (N-methyl/N-ethyl adjacent to an activating group) is 1. The van der Waals surface area contributed by atoms with Crippen LogP contribution in [-0.4, -0.2) is 28.9 Å². The molecule has 2 atom stereocenters. The summed E-state index contributed by atoms with van der Waals surface area (Å²) in [6.07, 6.45) is 2.42. The van der Waals surface area contributed by atoms with E-state index in [1.54, 1.807) is 16.2 Å². The first-order valence-electron chi connectivity index (χ1n) is 7.07. The molecule has 0 bridgehead atoms. The third-order valence-corrected chi connectivity index (χ3v) is 4.30. The Labute approximate surface area is 118 Å². The highest BCUT2D eigenvalue weighted by Crippen LogP contribution is 2.28. The summed E-state index contributed by atoms with van der Waals surface area (Å²) in [5.41, 5.74) is 3.11. The normalized spacial score (nSPS) is 20.6. The summed E-state index contributed by atoms with van der Waals surface area (Å²) in [5, 5.41) is 3.35. The van der Waals surface area contributed by atoms with E-state index >= 15 is 0 Å². The molecule has 1 aliphatic heterocycles. The fourth-order valence-corrected chi connectivity index (χ4v) is 3.15. The Balaban J connectivity index is 2.07. The van der Waals surface area contributed by atoms with E-state index in [1.165, 1.54) is 5.56 Å². The summed E-state index contributed by atoms with van der Waals surface area (Å²) in [6, 6.07) is 6.38. The quantitative estimate of drug-likeness (QED) is 0.919. The highest BCUT2D eigenvalue weighted by Gasteiger charge is 2.26. The maximum absolute atomic E-state index is 12.0. The van der Waals surface area contributed by atoms with Crippen molar-refractivity contribution in [2.45, 2.75) is 25.0 Å². The number of hydrogen-bond acceptors (Lipinski definition) is 3. The average molecular weight is 275 g/mol. The highest BCUT2D eigenvalue weighted by molar-refractivity contribution is 5.77. The molecule has 5 heteroatoms. The molecule has 0 aliphatic carbocycles. The van der Waals surface area contributed by atoms with Crippen LogP contribution in [0.5, 0.6) is 0 Å². The number of rotatable bonds is 3. The van der Waals surface area contributed by atoms with Gasteiger partial charge in [0.25, 0.3) is 0 Å². The van der Waals surface area contributed by atoms with Crippen LogP contribution in [0, 0.1) is 0 Å². The van der Waals surface area contributed by atoms with Crippen molar-refractivity contribution in [3.8, 4) is 0 Å². The number of nitrogens with zero attached hydrogens (tertiary/aromatic N) is 2. The van der Waals surface area contributed by atoms with Gasteiger partial charge in [-0.1, -0.05) is 6.07 Å². The Kier molecular flexibility index (Phi) is 3.40. The fraction of sp³-hybridized carbons (Fsp3) is 0.533. The Bertz CT molecular complexity index is 680.